The highest BCUT2D eigenvalue weighted by Crippen LogP contribution is 2.23. The second kappa shape index (κ2) is 6.65. The first-order valence-corrected chi connectivity index (χ1v) is 7.21. The van der Waals surface area contributed by atoms with E-state index in [0.717, 1.165) is 9.13 Å². The topological polar surface area (TPSA) is 38.0 Å². The first-order valence-electron chi connectivity index (χ1n) is 5.75. The van der Waals surface area contributed by atoms with Crippen molar-refractivity contribution >= 4 is 34.2 Å². The van der Waals surface area contributed by atoms with E-state index < -0.39 is 0 Å². The molecule has 0 aromatic heterocycles. The van der Waals surface area contributed by atoms with Crippen LogP contribution in [-0.4, -0.2) is 0 Å². The van der Waals surface area contributed by atoms with Gasteiger partial charge in [0.15, 0.2) is 0 Å². The minimum Gasteiger partial charge on any atom is -0.271 e. The summed E-state index contributed by atoms with van der Waals surface area (Å²) in [5.41, 5.74) is 4.30. The van der Waals surface area contributed by atoms with Crippen LogP contribution in [0, 0.1) is 9.39 Å². The van der Waals surface area contributed by atoms with Gasteiger partial charge in [0.25, 0.3) is 0 Å². The van der Waals surface area contributed by atoms with Crippen molar-refractivity contribution in [3.63, 3.8) is 0 Å². The molecule has 2 aromatic rings. The molecule has 1 atom stereocenters. The minimum atomic E-state index is -0.268. The van der Waals surface area contributed by atoms with Gasteiger partial charge in [-0.1, -0.05) is 23.7 Å². The summed E-state index contributed by atoms with van der Waals surface area (Å²) in [5, 5.41) is 0.523. The zero-order valence-corrected chi connectivity index (χ0v) is 13.0. The third kappa shape index (κ3) is 3.89. The molecule has 0 fully saturated rings. The fraction of sp³-hybridized carbons (Fsp3) is 0.143. The lowest BCUT2D eigenvalue weighted by atomic mass is 9.99. The fourth-order valence-electron chi connectivity index (χ4n) is 1.92. The summed E-state index contributed by atoms with van der Waals surface area (Å²) in [6.07, 6.45) is 0.447. The van der Waals surface area contributed by atoms with Gasteiger partial charge in [-0.3, -0.25) is 11.3 Å². The van der Waals surface area contributed by atoms with E-state index in [-0.39, 0.29) is 11.9 Å². The molecule has 3 N–H and O–H groups in total. The number of benzene rings is 2. The van der Waals surface area contributed by atoms with Crippen LogP contribution in [0.25, 0.3) is 0 Å². The Morgan fingerprint density at radius 3 is 2.74 bits per heavy atom. The summed E-state index contributed by atoms with van der Waals surface area (Å²) in [4.78, 5) is 0. The second-order valence-electron chi connectivity index (χ2n) is 4.21. The van der Waals surface area contributed by atoms with Gasteiger partial charge in [0, 0.05) is 8.59 Å². The molecule has 0 aliphatic rings. The van der Waals surface area contributed by atoms with Crippen LogP contribution in [0.1, 0.15) is 17.2 Å². The number of nitrogens with one attached hydrogen (secondary N) is 1. The number of hydrazine groups is 1. The van der Waals surface area contributed by atoms with Gasteiger partial charge in [-0.15, -0.1) is 0 Å². The Morgan fingerprint density at radius 1 is 1.26 bits per heavy atom. The smallest absolute Gasteiger partial charge is 0.126 e. The van der Waals surface area contributed by atoms with E-state index in [2.05, 4.69) is 28.0 Å². The first-order chi connectivity index (χ1) is 9.10. The second-order valence-corrected chi connectivity index (χ2v) is 5.90. The Hall–Kier alpha value is -0.690. The van der Waals surface area contributed by atoms with Gasteiger partial charge in [0.05, 0.1) is 6.04 Å². The highest BCUT2D eigenvalue weighted by molar-refractivity contribution is 14.1. The Labute approximate surface area is 130 Å². The maximum absolute atomic E-state index is 13.7. The molecular formula is C14H13ClFIN2. The summed E-state index contributed by atoms with van der Waals surface area (Å²) in [6.45, 7) is 0. The standard InChI is InChI=1S/C14H13ClFIN2/c15-11-4-5-13(16)10(6-11)8-14(19-18)9-2-1-3-12(17)7-9/h1-7,14,19H,8,18H2. The molecule has 0 aliphatic carbocycles. The van der Waals surface area contributed by atoms with E-state index in [1.54, 1.807) is 6.07 Å². The third-order valence-electron chi connectivity index (χ3n) is 2.88. The molecule has 5 heteroatoms. The number of hydrogen-bond donors (Lipinski definition) is 2. The Morgan fingerprint density at radius 2 is 2.05 bits per heavy atom. The average Bonchev–Trinajstić information content (AvgIpc) is 2.39. The molecule has 2 nitrogen and oxygen atoms in total. The Bertz CT molecular complexity index is 577. The van der Waals surface area contributed by atoms with Crippen molar-refractivity contribution in [2.75, 3.05) is 0 Å². The highest BCUT2D eigenvalue weighted by atomic mass is 127. The molecule has 0 amide bonds. The first kappa shape index (κ1) is 14.7. The molecule has 19 heavy (non-hydrogen) atoms. The van der Waals surface area contributed by atoms with Crippen molar-refractivity contribution in [2.24, 2.45) is 5.84 Å². The molecule has 0 aliphatic heterocycles. The largest absolute Gasteiger partial charge is 0.271 e. The molecule has 2 rings (SSSR count). The maximum atomic E-state index is 13.7. The monoisotopic (exact) mass is 390 g/mol. The van der Waals surface area contributed by atoms with Gasteiger partial charge >= 0.3 is 0 Å². The van der Waals surface area contributed by atoms with Crippen LogP contribution in [0.15, 0.2) is 42.5 Å². The van der Waals surface area contributed by atoms with Crippen LogP contribution in [0.2, 0.25) is 5.02 Å². The van der Waals surface area contributed by atoms with Crippen molar-refractivity contribution in [3.05, 3.63) is 68.0 Å². The number of hydrogen-bond acceptors (Lipinski definition) is 2. The van der Waals surface area contributed by atoms with Crippen molar-refractivity contribution in [1.29, 1.82) is 0 Å². The van der Waals surface area contributed by atoms with Crippen LogP contribution in [0.5, 0.6) is 0 Å². The van der Waals surface area contributed by atoms with Gasteiger partial charge < -0.3 is 0 Å². The molecular weight excluding hydrogens is 378 g/mol. The van der Waals surface area contributed by atoms with Crippen molar-refractivity contribution in [2.45, 2.75) is 12.5 Å². The Balaban J connectivity index is 2.26. The van der Waals surface area contributed by atoms with Gasteiger partial charge in [-0.2, -0.15) is 0 Å². The predicted molar refractivity (Wildman–Crippen MR) is 84.3 cm³/mol. The molecule has 0 bridgehead atoms. The quantitative estimate of drug-likeness (QED) is 0.473. The molecule has 0 saturated carbocycles. The average molecular weight is 391 g/mol. The fourth-order valence-corrected chi connectivity index (χ4v) is 2.68. The molecule has 2 aromatic carbocycles. The number of nitrogens with two attached hydrogens (primary N) is 1. The maximum Gasteiger partial charge on any atom is 0.126 e. The molecule has 0 heterocycles. The lowest BCUT2D eigenvalue weighted by Gasteiger charge is -2.17. The van der Waals surface area contributed by atoms with E-state index in [4.69, 9.17) is 17.4 Å². The van der Waals surface area contributed by atoms with Crippen molar-refractivity contribution in [3.8, 4) is 0 Å². The summed E-state index contributed by atoms with van der Waals surface area (Å²) in [7, 11) is 0. The van der Waals surface area contributed by atoms with Gasteiger partial charge in [-0.25, -0.2) is 4.39 Å². The van der Waals surface area contributed by atoms with Crippen LogP contribution in [0.3, 0.4) is 0 Å². The Kier molecular flexibility index (Phi) is 5.15. The van der Waals surface area contributed by atoms with Crippen LogP contribution in [0.4, 0.5) is 4.39 Å². The van der Waals surface area contributed by atoms with E-state index >= 15 is 0 Å². The minimum absolute atomic E-state index is 0.150. The summed E-state index contributed by atoms with van der Waals surface area (Å²) >= 11 is 8.13. The molecule has 0 radical (unpaired) electrons. The van der Waals surface area contributed by atoms with E-state index in [1.165, 1.54) is 12.1 Å². The van der Waals surface area contributed by atoms with Crippen LogP contribution < -0.4 is 11.3 Å². The molecule has 0 spiro atoms. The normalized spacial score (nSPS) is 12.4. The zero-order chi connectivity index (χ0) is 13.8. The lowest BCUT2D eigenvalue weighted by molar-refractivity contribution is 0.529. The highest BCUT2D eigenvalue weighted by Gasteiger charge is 2.13. The third-order valence-corrected chi connectivity index (χ3v) is 3.79. The molecule has 100 valence electrons. The summed E-state index contributed by atoms with van der Waals surface area (Å²) in [5.74, 6) is 5.31. The van der Waals surface area contributed by atoms with E-state index in [9.17, 15) is 4.39 Å². The summed E-state index contributed by atoms with van der Waals surface area (Å²) < 4.78 is 14.8. The molecule has 0 saturated heterocycles. The summed E-state index contributed by atoms with van der Waals surface area (Å²) in [6, 6.07) is 12.3. The SMILES string of the molecule is NNC(Cc1cc(Cl)ccc1F)c1cccc(I)c1. The zero-order valence-electron chi connectivity index (χ0n) is 10.0. The van der Waals surface area contributed by atoms with Gasteiger partial charge in [0.1, 0.15) is 5.82 Å². The van der Waals surface area contributed by atoms with Crippen LogP contribution in [-0.2, 0) is 6.42 Å². The van der Waals surface area contributed by atoms with Crippen molar-refractivity contribution in [1.82, 2.24) is 5.43 Å². The van der Waals surface area contributed by atoms with E-state index in [0.29, 0.717) is 17.0 Å². The van der Waals surface area contributed by atoms with E-state index in [1.807, 2.05) is 24.3 Å². The number of halogens is 3. The van der Waals surface area contributed by atoms with Crippen LogP contribution >= 0.6 is 34.2 Å². The van der Waals surface area contributed by atoms with Gasteiger partial charge in [-0.05, 0) is 70.5 Å². The van der Waals surface area contributed by atoms with Crippen molar-refractivity contribution < 1.29 is 4.39 Å². The predicted octanol–water partition coefficient (Wildman–Crippen LogP) is 3.83. The lowest BCUT2D eigenvalue weighted by Crippen LogP contribution is -2.29. The molecule has 1 unspecified atom stereocenters. The number of rotatable bonds is 4. The van der Waals surface area contributed by atoms with Gasteiger partial charge in [0.2, 0.25) is 0 Å².